The van der Waals surface area contributed by atoms with Crippen LogP contribution in [0.15, 0.2) is 42.5 Å². The van der Waals surface area contributed by atoms with Crippen LogP contribution in [0, 0.1) is 19.7 Å². The fraction of sp³-hybridized carbons (Fsp3) is 0.350. The molecule has 29 heavy (non-hydrogen) atoms. The summed E-state index contributed by atoms with van der Waals surface area (Å²) in [5.74, 6) is -0.294. The van der Waals surface area contributed by atoms with Gasteiger partial charge in [-0.25, -0.2) is 8.70 Å². The van der Waals surface area contributed by atoms with Crippen molar-refractivity contribution >= 4 is 21.8 Å². The summed E-state index contributed by atoms with van der Waals surface area (Å²) in [5.41, 5.74) is 2.46. The summed E-state index contributed by atoms with van der Waals surface area (Å²) < 4.78 is 45.9. The number of hydrogen-bond acceptors (Lipinski definition) is 4. The van der Waals surface area contributed by atoms with E-state index >= 15 is 0 Å². The average molecular weight is 424 g/mol. The number of carbonyl (C=O) groups is 1. The van der Waals surface area contributed by atoms with Gasteiger partial charge in [-0.3, -0.25) is 4.79 Å². The zero-order valence-corrected chi connectivity index (χ0v) is 17.8. The molecule has 9 heteroatoms. The highest BCUT2D eigenvalue weighted by Gasteiger charge is 2.27. The molecule has 0 aliphatic rings. The molecule has 0 bridgehead atoms. The van der Waals surface area contributed by atoms with E-state index in [1.54, 1.807) is 0 Å². The van der Waals surface area contributed by atoms with E-state index in [4.69, 9.17) is 4.74 Å². The Morgan fingerprint density at radius 3 is 2.31 bits per heavy atom. The standard InChI is InChI=1S/C20H26FN3O4S/c1-15-5-10-19(13-16(15)2)28-12-11-22-20(25)14-24(29(26,27)23(3)4)18-8-6-17(21)7-9-18/h5-10,13H,11-12,14H2,1-4H3,(H,22,25). The van der Waals surface area contributed by atoms with Crippen molar-refractivity contribution in [2.24, 2.45) is 0 Å². The Labute approximate surface area is 171 Å². The third kappa shape index (κ3) is 6.16. The molecule has 0 aliphatic heterocycles. The number of nitrogens with zero attached hydrogens (tertiary/aromatic N) is 2. The van der Waals surface area contributed by atoms with Crippen molar-refractivity contribution in [2.45, 2.75) is 13.8 Å². The van der Waals surface area contributed by atoms with E-state index in [-0.39, 0.29) is 18.8 Å². The van der Waals surface area contributed by atoms with E-state index in [1.807, 2.05) is 32.0 Å². The first-order chi connectivity index (χ1) is 13.6. The van der Waals surface area contributed by atoms with Crippen LogP contribution in [-0.2, 0) is 15.0 Å². The zero-order valence-electron chi connectivity index (χ0n) is 17.0. The average Bonchev–Trinajstić information content (AvgIpc) is 2.66. The van der Waals surface area contributed by atoms with Crippen LogP contribution < -0.4 is 14.4 Å². The molecule has 0 saturated heterocycles. The maximum absolute atomic E-state index is 13.2. The van der Waals surface area contributed by atoms with Crippen LogP contribution in [0.2, 0.25) is 0 Å². The molecule has 7 nitrogen and oxygen atoms in total. The highest BCUT2D eigenvalue weighted by atomic mass is 32.2. The summed E-state index contributed by atoms with van der Waals surface area (Å²) in [7, 11) is -1.21. The molecule has 158 valence electrons. The largest absolute Gasteiger partial charge is 0.492 e. The lowest BCUT2D eigenvalue weighted by Crippen LogP contribution is -2.46. The van der Waals surface area contributed by atoms with E-state index in [0.29, 0.717) is 5.75 Å². The van der Waals surface area contributed by atoms with Gasteiger partial charge in [-0.05, 0) is 61.4 Å². The molecule has 0 aromatic heterocycles. The lowest BCUT2D eigenvalue weighted by molar-refractivity contribution is -0.119. The number of hydrogen-bond donors (Lipinski definition) is 1. The van der Waals surface area contributed by atoms with Crippen molar-refractivity contribution in [1.82, 2.24) is 9.62 Å². The lowest BCUT2D eigenvalue weighted by Gasteiger charge is -2.26. The molecule has 1 N–H and O–H groups in total. The quantitative estimate of drug-likeness (QED) is 0.628. The van der Waals surface area contributed by atoms with Crippen LogP contribution in [0.4, 0.5) is 10.1 Å². The maximum Gasteiger partial charge on any atom is 0.304 e. The van der Waals surface area contributed by atoms with Gasteiger partial charge in [0.1, 0.15) is 24.7 Å². The molecule has 0 aliphatic carbocycles. The normalized spacial score (nSPS) is 11.4. The number of aryl methyl sites for hydroxylation is 2. The van der Waals surface area contributed by atoms with Gasteiger partial charge in [0, 0.05) is 14.1 Å². The number of benzene rings is 2. The third-order valence-corrected chi connectivity index (χ3v) is 6.13. The third-order valence-electron chi connectivity index (χ3n) is 4.31. The van der Waals surface area contributed by atoms with Gasteiger partial charge in [0.25, 0.3) is 0 Å². The second-order valence-corrected chi connectivity index (χ2v) is 8.78. The minimum atomic E-state index is -3.93. The van der Waals surface area contributed by atoms with E-state index in [1.165, 1.54) is 26.2 Å². The Balaban J connectivity index is 1.97. The molecule has 2 aromatic rings. The SMILES string of the molecule is Cc1ccc(OCCNC(=O)CN(c2ccc(F)cc2)S(=O)(=O)N(C)C)cc1C. The predicted octanol–water partition coefficient (Wildman–Crippen LogP) is 2.25. The summed E-state index contributed by atoms with van der Waals surface area (Å²) in [6.07, 6.45) is 0. The number of rotatable bonds is 9. The van der Waals surface area contributed by atoms with Crippen molar-refractivity contribution in [3.05, 3.63) is 59.4 Å². The number of nitrogens with one attached hydrogen (secondary N) is 1. The van der Waals surface area contributed by atoms with Crippen LogP contribution >= 0.6 is 0 Å². The predicted molar refractivity (Wildman–Crippen MR) is 111 cm³/mol. The summed E-state index contributed by atoms with van der Waals surface area (Å²) in [4.78, 5) is 12.3. The topological polar surface area (TPSA) is 79.0 Å². The molecule has 0 heterocycles. The number of halogens is 1. The smallest absolute Gasteiger partial charge is 0.304 e. The second kappa shape index (κ2) is 9.71. The van der Waals surface area contributed by atoms with Crippen molar-refractivity contribution in [3.8, 4) is 5.75 Å². The molecule has 0 atom stereocenters. The number of anilines is 1. The number of ether oxygens (including phenoxy) is 1. The molecule has 1 amide bonds. The molecule has 2 rings (SSSR count). The van der Waals surface area contributed by atoms with E-state index in [0.717, 1.165) is 31.9 Å². The Kier molecular flexibility index (Phi) is 7.58. The summed E-state index contributed by atoms with van der Waals surface area (Å²) in [6.45, 7) is 4.01. The Morgan fingerprint density at radius 1 is 1.07 bits per heavy atom. The van der Waals surface area contributed by atoms with E-state index in [9.17, 15) is 17.6 Å². The fourth-order valence-corrected chi connectivity index (χ4v) is 3.52. The van der Waals surface area contributed by atoms with Crippen molar-refractivity contribution in [1.29, 1.82) is 0 Å². The molecule has 0 spiro atoms. The Morgan fingerprint density at radius 2 is 1.72 bits per heavy atom. The van der Waals surface area contributed by atoms with Crippen LogP contribution in [0.1, 0.15) is 11.1 Å². The summed E-state index contributed by atoms with van der Waals surface area (Å²) >= 11 is 0. The number of carbonyl (C=O) groups excluding carboxylic acids is 1. The minimum Gasteiger partial charge on any atom is -0.492 e. The molecule has 0 saturated carbocycles. The van der Waals surface area contributed by atoms with E-state index in [2.05, 4.69) is 5.32 Å². The Hall–Kier alpha value is -2.65. The van der Waals surface area contributed by atoms with Gasteiger partial charge < -0.3 is 10.1 Å². The zero-order chi connectivity index (χ0) is 21.6. The van der Waals surface area contributed by atoms with Gasteiger partial charge in [0.15, 0.2) is 0 Å². The van der Waals surface area contributed by atoms with Crippen molar-refractivity contribution in [2.75, 3.05) is 38.1 Å². The fourth-order valence-electron chi connectivity index (χ4n) is 2.46. The van der Waals surface area contributed by atoms with Crippen LogP contribution in [0.25, 0.3) is 0 Å². The van der Waals surface area contributed by atoms with Gasteiger partial charge in [-0.1, -0.05) is 6.07 Å². The monoisotopic (exact) mass is 423 g/mol. The molecular formula is C20H26FN3O4S. The first-order valence-corrected chi connectivity index (χ1v) is 10.4. The first kappa shape index (κ1) is 22.6. The van der Waals surface area contributed by atoms with Gasteiger partial charge >= 0.3 is 10.2 Å². The minimum absolute atomic E-state index is 0.196. The van der Waals surface area contributed by atoms with Crippen LogP contribution in [0.5, 0.6) is 5.75 Å². The Bertz CT molecular complexity index is 947. The first-order valence-electron chi connectivity index (χ1n) is 9.04. The van der Waals surface area contributed by atoms with Gasteiger partial charge in [0.05, 0.1) is 12.2 Å². The maximum atomic E-state index is 13.2. The van der Waals surface area contributed by atoms with Gasteiger partial charge in [-0.15, -0.1) is 0 Å². The summed E-state index contributed by atoms with van der Waals surface area (Å²) in [6, 6.07) is 10.6. The summed E-state index contributed by atoms with van der Waals surface area (Å²) in [5, 5.41) is 2.64. The highest BCUT2D eigenvalue weighted by Crippen LogP contribution is 2.20. The molecule has 0 fully saturated rings. The van der Waals surface area contributed by atoms with Gasteiger partial charge in [0.2, 0.25) is 5.91 Å². The molecule has 0 unspecified atom stereocenters. The van der Waals surface area contributed by atoms with Crippen molar-refractivity contribution in [3.63, 3.8) is 0 Å². The number of amides is 1. The van der Waals surface area contributed by atoms with Crippen molar-refractivity contribution < 1.29 is 22.3 Å². The van der Waals surface area contributed by atoms with Gasteiger partial charge in [-0.2, -0.15) is 12.7 Å². The molecule has 2 aromatic carbocycles. The molecular weight excluding hydrogens is 397 g/mol. The molecule has 0 radical (unpaired) electrons. The highest BCUT2D eigenvalue weighted by molar-refractivity contribution is 7.90. The van der Waals surface area contributed by atoms with Crippen LogP contribution in [0.3, 0.4) is 0 Å². The lowest BCUT2D eigenvalue weighted by atomic mass is 10.1. The van der Waals surface area contributed by atoms with Crippen LogP contribution in [-0.4, -0.2) is 52.4 Å². The van der Waals surface area contributed by atoms with E-state index < -0.39 is 28.5 Å². The second-order valence-electron chi connectivity index (χ2n) is 6.72.